The fourth-order valence-electron chi connectivity index (χ4n) is 4.57. The number of amides is 1. The first-order chi connectivity index (χ1) is 13.1. The largest absolute Gasteiger partial charge is 0.444 e. The van der Waals surface area contributed by atoms with Gasteiger partial charge in [-0.2, -0.15) is 0 Å². The number of amidine groups is 1. The van der Waals surface area contributed by atoms with Crippen molar-refractivity contribution in [3.8, 4) is 0 Å². The number of nitrogens with one attached hydrogen (secondary N) is 1. The number of hydrogen-bond acceptors (Lipinski definition) is 3. The van der Waals surface area contributed by atoms with Crippen LogP contribution in [0, 0.1) is 18.3 Å². The lowest BCUT2D eigenvalue weighted by Crippen LogP contribution is -2.59. The fraction of sp³-hybridized carbons (Fsp3) is 0.636. The van der Waals surface area contributed by atoms with E-state index in [-0.39, 0.29) is 11.5 Å². The Hall–Kier alpha value is -2.24. The van der Waals surface area contributed by atoms with Crippen molar-refractivity contribution in [1.29, 1.82) is 0 Å². The molecule has 1 aromatic rings. The molecule has 28 heavy (non-hydrogen) atoms. The van der Waals surface area contributed by atoms with Crippen LogP contribution in [0.3, 0.4) is 0 Å². The van der Waals surface area contributed by atoms with Crippen molar-refractivity contribution in [2.45, 2.75) is 53.1 Å². The summed E-state index contributed by atoms with van der Waals surface area (Å²) < 4.78 is 5.62. The highest BCUT2D eigenvalue weighted by molar-refractivity contribution is 6.00. The van der Waals surface area contributed by atoms with Gasteiger partial charge in [0.05, 0.1) is 0 Å². The Balaban J connectivity index is 1.78. The molecule has 6 nitrogen and oxygen atoms in total. The molecule has 6 heteroatoms. The number of fused-ring (bicyclic) bond motifs is 1. The van der Waals surface area contributed by atoms with E-state index >= 15 is 0 Å². The predicted octanol–water partition coefficient (Wildman–Crippen LogP) is 4.18. The highest BCUT2D eigenvalue weighted by Gasteiger charge is 2.46. The first-order valence-electron chi connectivity index (χ1n) is 10.2. The molecular formula is C22H34N4O2. The molecule has 0 aromatic carbocycles. The van der Waals surface area contributed by atoms with Gasteiger partial charge in [0.25, 0.3) is 0 Å². The molecule has 1 N–H and O–H groups in total. The fourth-order valence-corrected chi connectivity index (χ4v) is 4.57. The van der Waals surface area contributed by atoms with E-state index in [4.69, 9.17) is 4.74 Å². The molecule has 0 bridgehead atoms. The molecule has 2 atom stereocenters. The van der Waals surface area contributed by atoms with Crippen molar-refractivity contribution < 1.29 is 9.53 Å². The van der Waals surface area contributed by atoms with E-state index in [1.807, 2.05) is 31.9 Å². The summed E-state index contributed by atoms with van der Waals surface area (Å²) in [5, 5.41) is 0. The minimum atomic E-state index is -0.469. The Morgan fingerprint density at radius 3 is 2.54 bits per heavy atom. The van der Waals surface area contributed by atoms with E-state index < -0.39 is 5.60 Å². The molecule has 2 saturated heterocycles. The van der Waals surface area contributed by atoms with Gasteiger partial charge in [-0.3, -0.25) is 0 Å². The summed E-state index contributed by atoms with van der Waals surface area (Å²) in [4.78, 5) is 24.7. The molecule has 1 aromatic heterocycles. The lowest BCUT2D eigenvalue weighted by Gasteiger charge is -2.52. The monoisotopic (exact) mass is 386 g/mol. The number of hydrogen-bond donors (Lipinski definition) is 1. The lowest BCUT2D eigenvalue weighted by atomic mass is 9.68. The number of ether oxygens (including phenoxy) is 1. The maximum absolute atomic E-state index is 12.6. The van der Waals surface area contributed by atoms with Gasteiger partial charge < -0.3 is 19.5 Å². The van der Waals surface area contributed by atoms with Gasteiger partial charge in [-0.15, -0.1) is 0 Å². The van der Waals surface area contributed by atoms with Crippen molar-refractivity contribution >= 4 is 11.9 Å². The normalized spacial score (nSPS) is 26.0. The number of nitrogens with zero attached hydrogens (tertiary/aromatic N) is 3. The number of aryl methyl sites for hydroxylation is 1. The van der Waals surface area contributed by atoms with E-state index in [0.717, 1.165) is 56.1 Å². The minimum absolute atomic E-state index is 0.0134. The number of rotatable bonds is 2. The third-order valence-corrected chi connectivity index (χ3v) is 5.94. The topological polar surface area (TPSA) is 60.9 Å². The molecule has 2 aliphatic heterocycles. The third kappa shape index (κ3) is 4.26. The van der Waals surface area contributed by atoms with Crippen molar-refractivity contribution in [1.82, 2.24) is 14.8 Å². The Kier molecular flexibility index (Phi) is 5.60. The Morgan fingerprint density at radius 1 is 1.32 bits per heavy atom. The molecule has 2 unspecified atom stereocenters. The quantitative estimate of drug-likeness (QED) is 0.613. The van der Waals surface area contributed by atoms with E-state index in [0.29, 0.717) is 5.92 Å². The van der Waals surface area contributed by atoms with Crippen LogP contribution in [0.2, 0.25) is 0 Å². The van der Waals surface area contributed by atoms with Gasteiger partial charge in [-0.25, -0.2) is 9.79 Å². The molecule has 0 radical (unpaired) electrons. The maximum atomic E-state index is 12.6. The Bertz CT molecular complexity index is 761. The van der Waals surface area contributed by atoms with Crippen molar-refractivity contribution in [3.05, 3.63) is 36.3 Å². The molecule has 154 valence electrons. The molecule has 0 spiro atoms. The van der Waals surface area contributed by atoms with Gasteiger partial charge in [0.1, 0.15) is 11.4 Å². The molecule has 2 aliphatic rings. The lowest BCUT2D eigenvalue weighted by molar-refractivity contribution is -0.0288. The molecule has 2 fully saturated rings. The number of likely N-dealkylation sites (tertiary alicyclic amines) is 2. The number of aromatic nitrogens is 1. The van der Waals surface area contributed by atoms with Crippen LogP contribution in [0.15, 0.2) is 30.0 Å². The summed E-state index contributed by atoms with van der Waals surface area (Å²) in [6, 6.07) is 2.07. The maximum Gasteiger partial charge on any atom is 0.410 e. The minimum Gasteiger partial charge on any atom is -0.444 e. The second-order valence-electron chi connectivity index (χ2n) is 9.40. The molecule has 1 amide bonds. The summed E-state index contributed by atoms with van der Waals surface area (Å²) in [6.45, 7) is 17.3. The Labute approximate surface area is 168 Å². The van der Waals surface area contributed by atoms with E-state index in [9.17, 15) is 4.79 Å². The average molecular weight is 387 g/mol. The number of aromatic amines is 1. The average Bonchev–Trinajstić information content (AvgIpc) is 3.02. The number of H-pyrrole nitrogens is 1. The van der Waals surface area contributed by atoms with Gasteiger partial charge in [-0.1, -0.05) is 13.5 Å². The summed E-state index contributed by atoms with van der Waals surface area (Å²) in [5.41, 5.74) is 1.76. The summed E-state index contributed by atoms with van der Waals surface area (Å²) >= 11 is 0. The zero-order valence-electron chi connectivity index (χ0n) is 17.9. The first kappa shape index (κ1) is 20.5. The van der Waals surface area contributed by atoms with Gasteiger partial charge in [0.2, 0.25) is 0 Å². The van der Waals surface area contributed by atoms with Gasteiger partial charge in [0, 0.05) is 55.2 Å². The number of aliphatic imine (C=N–C) groups is 1. The van der Waals surface area contributed by atoms with Crippen LogP contribution in [0.25, 0.3) is 0 Å². The second kappa shape index (κ2) is 7.64. The zero-order valence-corrected chi connectivity index (χ0v) is 17.9. The van der Waals surface area contributed by atoms with Crippen LogP contribution >= 0.6 is 0 Å². The van der Waals surface area contributed by atoms with Crippen LogP contribution in [-0.4, -0.2) is 58.5 Å². The van der Waals surface area contributed by atoms with E-state index in [1.165, 1.54) is 0 Å². The van der Waals surface area contributed by atoms with Crippen molar-refractivity contribution in [3.63, 3.8) is 0 Å². The molecular weight excluding hydrogens is 352 g/mol. The van der Waals surface area contributed by atoms with E-state index in [1.54, 1.807) is 6.20 Å². The number of piperidine rings is 2. The van der Waals surface area contributed by atoms with Gasteiger partial charge in [-0.05, 0) is 52.5 Å². The smallest absolute Gasteiger partial charge is 0.410 e. The van der Waals surface area contributed by atoms with Crippen LogP contribution < -0.4 is 0 Å². The van der Waals surface area contributed by atoms with Crippen molar-refractivity contribution in [2.24, 2.45) is 16.3 Å². The Morgan fingerprint density at radius 2 is 1.96 bits per heavy atom. The zero-order chi connectivity index (χ0) is 20.5. The number of carbonyl (C=O) groups is 1. The van der Waals surface area contributed by atoms with Crippen LogP contribution in [0.1, 0.15) is 51.8 Å². The molecule has 3 heterocycles. The predicted molar refractivity (Wildman–Crippen MR) is 112 cm³/mol. The van der Waals surface area contributed by atoms with Crippen LogP contribution in [0.5, 0.6) is 0 Å². The standard InChI is InChI=1S/C22H34N4O2/c1-7-23-19(18-8-11-24-16(18)2)25-12-9-17-10-13-26(15-22(17,6)14-25)20(27)28-21(3,4)5/h7-8,11,17,24H,1,9-10,12-15H2,2-6H3. The second-order valence-corrected chi connectivity index (χ2v) is 9.40. The van der Waals surface area contributed by atoms with Gasteiger partial charge >= 0.3 is 6.09 Å². The number of carbonyl (C=O) groups excluding carboxylic acids is 1. The SMILES string of the molecule is C=CN=C(c1cc[nH]c1C)N1CCC2CCN(C(=O)OC(C)(C)C)CC2(C)C1. The highest BCUT2D eigenvalue weighted by Crippen LogP contribution is 2.42. The van der Waals surface area contributed by atoms with Crippen LogP contribution in [-0.2, 0) is 4.74 Å². The van der Waals surface area contributed by atoms with Crippen molar-refractivity contribution in [2.75, 3.05) is 26.2 Å². The summed E-state index contributed by atoms with van der Waals surface area (Å²) in [7, 11) is 0. The first-order valence-corrected chi connectivity index (χ1v) is 10.2. The third-order valence-electron chi connectivity index (χ3n) is 5.94. The summed E-state index contributed by atoms with van der Waals surface area (Å²) in [5.74, 6) is 1.57. The van der Waals surface area contributed by atoms with Gasteiger partial charge in [0.15, 0.2) is 0 Å². The van der Waals surface area contributed by atoms with Crippen LogP contribution in [0.4, 0.5) is 4.79 Å². The molecule has 3 rings (SSSR count). The highest BCUT2D eigenvalue weighted by atomic mass is 16.6. The molecule has 0 aliphatic carbocycles. The van der Waals surface area contributed by atoms with E-state index in [2.05, 4.69) is 41.4 Å². The summed E-state index contributed by atoms with van der Waals surface area (Å²) in [6.07, 6.45) is 5.50. The molecule has 0 saturated carbocycles.